The number of likely N-dealkylation sites (N-methyl/N-ethyl adjacent to an activating group) is 1. The molecule has 0 radical (unpaired) electrons. The zero-order valence-electron chi connectivity index (χ0n) is 16.4. The van der Waals surface area contributed by atoms with E-state index in [1.807, 2.05) is 17.0 Å². The number of hydrogen-bond acceptors (Lipinski definition) is 4. The lowest BCUT2D eigenvalue weighted by Crippen LogP contribution is -2.38. The lowest BCUT2D eigenvalue weighted by Gasteiger charge is -2.29. The Kier molecular flexibility index (Phi) is 4.49. The van der Waals surface area contributed by atoms with Crippen molar-refractivity contribution in [1.82, 2.24) is 4.31 Å². The number of fused-ring (bicyclic) bond motifs is 1. The van der Waals surface area contributed by atoms with Gasteiger partial charge >= 0.3 is 0 Å². The third kappa shape index (κ3) is 3.17. The van der Waals surface area contributed by atoms with Gasteiger partial charge < -0.3 is 9.64 Å². The molecule has 3 heterocycles. The minimum atomic E-state index is -3.63. The second-order valence-corrected chi connectivity index (χ2v) is 10.1. The summed E-state index contributed by atoms with van der Waals surface area (Å²) in [6, 6.07) is 11.6. The Morgan fingerprint density at radius 1 is 1.07 bits per heavy atom. The molecule has 0 bridgehead atoms. The van der Waals surface area contributed by atoms with Crippen molar-refractivity contribution in [3.63, 3.8) is 0 Å². The predicted octanol–water partition coefficient (Wildman–Crippen LogP) is 2.28. The molecule has 0 aliphatic carbocycles. The third-order valence-electron chi connectivity index (χ3n) is 6.23. The van der Waals surface area contributed by atoms with E-state index in [4.69, 9.17) is 4.74 Å². The summed E-state index contributed by atoms with van der Waals surface area (Å²) in [5.74, 6) is 0.138. The van der Waals surface area contributed by atoms with Crippen LogP contribution in [0.25, 0.3) is 0 Å². The fourth-order valence-corrected chi connectivity index (χ4v) is 5.97. The van der Waals surface area contributed by atoms with Gasteiger partial charge in [0, 0.05) is 33.0 Å². The first-order chi connectivity index (χ1) is 13.9. The van der Waals surface area contributed by atoms with Gasteiger partial charge in [-0.2, -0.15) is 4.31 Å². The number of nitrogens with zero attached hydrogens (tertiary/aromatic N) is 2. The minimum absolute atomic E-state index is 0.138. The summed E-state index contributed by atoms with van der Waals surface area (Å²) in [4.78, 5) is 14.2. The van der Waals surface area contributed by atoms with E-state index in [0.29, 0.717) is 50.3 Å². The van der Waals surface area contributed by atoms with E-state index in [1.165, 1.54) is 15.4 Å². The van der Waals surface area contributed by atoms with Gasteiger partial charge in [0.05, 0.1) is 23.3 Å². The van der Waals surface area contributed by atoms with E-state index in [9.17, 15) is 13.2 Å². The molecule has 1 atom stereocenters. The van der Waals surface area contributed by atoms with Crippen molar-refractivity contribution in [2.75, 3.05) is 25.0 Å². The highest BCUT2D eigenvalue weighted by Gasteiger charge is 2.34. The zero-order valence-corrected chi connectivity index (χ0v) is 17.2. The molecule has 29 heavy (non-hydrogen) atoms. The van der Waals surface area contributed by atoms with Crippen molar-refractivity contribution in [1.29, 1.82) is 0 Å². The summed E-state index contributed by atoms with van der Waals surface area (Å²) >= 11 is 0. The molecule has 6 nitrogen and oxygen atoms in total. The monoisotopic (exact) mass is 412 g/mol. The molecule has 7 heteroatoms. The van der Waals surface area contributed by atoms with Crippen LogP contribution < -0.4 is 4.90 Å². The van der Waals surface area contributed by atoms with E-state index >= 15 is 0 Å². The Balaban J connectivity index is 1.38. The standard InChI is InChI=1S/C22H24N2O4S/c1-23(13-19-10-15-4-2-3-5-18(15)14-28-19)29(26,27)20-11-16-6-7-21(25)24-9-8-17(12-20)22(16)24/h2-5,11-12,19H,6-10,13-14H2,1H3. The summed E-state index contributed by atoms with van der Waals surface area (Å²) in [7, 11) is -2.01. The highest BCUT2D eigenvalue weighted by Crippen LogP contribution is 2.38. The Bertz CT molecular complexity index is 1100. The quantitative estimate of drug-likeness (QED) is 0.773. The van der Waals surface area contributed by atoms with Crippen molar-refractivity contribution in [3.05, 3.63) is 58.7 Å². The first kappa shape index (κ1) is 18.8. The number of sulfonamides is 1. The summed E-state index contributed by atoms with van der Waals surface area (Å²) in [6.45, 7) is 1.48. The number of amides is 1. The lowest BCUT2D eigenvalue weighted by atomic mass is 9.99. The molecule has 0 saturated carbocycles. The van der Waals surface area contributed by atoms with Gasteiger partial charge in [0.1, 0.15) is 0 Å². The van der Waals surface area contributed by atoms with Crippen LogP contribution >= 0.6 is 0 Å². The van der Waals surface area contributed by atoms with Gasteiger partial charge in [-0.15, -0.1) is 0 Å². The second-order valence-electron chi connectivity index (χ2n) is 8.08. The van der Waals surface area contributed by atoms with E-state index < -0.39 is 10.0 Å². The van der Waals surface area contributed by atoms with Crippen LogP contribution in [0.4, 0.5) is 5.69 Å². The van der Waals surface area contributed by atoms with E-state index in [-0.39, 0.29) is 12.0 Å². The highest BCUT2D eigenvalue weighted by atomic mass is 32.2. The maximum absolute atomic E-state index is 13.3. The molecule has 0 fully saturated rings. The SMILES string of the molecule is CN(CC1Cc2ccccc2CO1)S(=O)(=O)c1cc2c3c(c1)CCN3C(=O)CC2. The van der Waals surface area contributed by atoms with Gasteiger partial charge in [-0.1, -0.05) is 24.3 Å². The molecule has 0 N–H and O–H groups in total. The number of ether oxygens (including phenoxy) is 1. The van der Waals surface area contributed by atoms with Gasteiger partial charge in [-0.3, -0.25) is 4.79 Å². The number of carbonyl (C=O) groups excluding carboxylic acids is 1. The largest absolute Gasteiger partial charge is 0.372 e. The van der Waals surface area contributed by atoms with E-state index in [1.54, 1.807) is 19.2 Å². The zero-order chi connectivity index (χ0) is 20.2. The second kappa shape index (κ2) is 6.93. The fourth-order valence-electron chi connectivity index (χ4n) is 4.67. The molecular weight excluding hydrogens is 388 g/mol. The Morgan fingerprint density at radius 3 is 2.59 bits per heavy atom. The number of anilines is 1. The summed E-state index contributed by atoms with van der Waals surface area (Å²) in [5.41, 5.74) is 5.27. The van der Waals surface area contributed by atoms with Crippen molar-refractivity contribution in [2.24, 2.45) is 0 Å². The van der Waals surface area contributed by atoms with Crippen LogP contribution in [0, 0.1) is 0 Å². The third-order valence-corrected chi connectivity index (χ3v) is 8.04. The van der Waals surface area contributed by atoms with Gasteiger partial charge in [0.15, 0.2) is 0 Å². The number of benzene rings is 2. The highest BCUT2D eigenvalue weighted by molar-refractivity contribution is 7.89. The van der Waals surface area contributed by atoms with Crippen LogP contribution in [0.5, 0.6) is 0 Å². The maximum atomic E-state index is 13.3. The number of aryl methyl sites for hydroxylation is 1. The molecule has 2 aromatic carbocycles. The lowest BCUT2D eigenvalue weighted by molar-refractivity contribution is -0.118. The molecule has 0 aromatic heterocycles. The summed E-state index contributed by atoms with van der Waals surface area (Å²) in [6.07, 6.45) is 2.31. The molecule has 1 unspecified atom stereocenters. The Labute approximate surface area is 171 Å². The molecule has 3 aliphatic heterocycles. The number of rotatable bonds is 4. The first-order valence-corrected chi connectivity index (χ1v) is 11.5. The van der Waals surface area contributed by atoms with E-state index in [2.05, 4.69) is 12.1 Å². The van der Waals surface area contributed by atoms with Gasteiger partial charge in [0.25, 0.3) is 0 Å². The molecule has 0 spiro atoms. The summed E-state index contributed by atoms with van der Waals surface area (Å²) < 4.78 is 33.9. The molecule has 1 amide bonds. The number of carbonyl (C=O) groups is 1. The van der Waals surface area contributed by atoms with Gasteiger partial charge in [0.2, 0.25) is 15.9 Å². The van der Waals surface area contributed by atoms with Crippen LogP contribution in [0.1, 0.15) is 28.7 Å². The van der Waals surface area contributed by atoms with Crippen LogP contribution in [0.2, 0.25) is 0 Å². The van der Waals surface area contributed by atoms with Crippen molar-refractivity contribution in [3.8, 4) is 0 Å². The van der Waals surface area contributed by atoms with E-state index in [0.717, 1.165) is 16.8 Å². The van der Waals surface area contributed by atoms with Crippen molar-refractivity contribution >= 4 is 21.6 Å². The molecule has 0 saturated heterocycles. The summed E-state index contributed by atoms with van der Waals surface area (Å²) in [5, 5.41) is 0. The molecule has 2 aromatic rings. The topological polar surface area (TPSA) is 66.9 Å². The van der Waals surface area contributed by atoms with Crippen LogP contribution in [-0.2, 0) is 45.4 Å². The molecular formula is C22H24N2O4S. The average molecular weight is 413 g/mol. The molecule has 3 aliphatic rings. The molecule has 5 rings (SSSR count). The van der Waals surface area contributed by atoms with Crippen LogP contribution in [0.3, 0.4) is 0 Å². The minimum Gasteiger partial charge on any atom is -0.372 e. The normalized spacial score (nSPS) is 20.7. The first-order valence-electron chi connectivity index (χ1n) is 10.0. The van der Waals surface area contributed by atoms with Crippen molar-refractivity contribution in [2.45, 2.75) is 43.3 Å². The Morgan fingerprint density at radius 2 is 1.79 bits per heavy atom. The maximum Gasteiger partial charge on any atom is 0.242 e. The van der Waals surface area contributed by atoms with Crippen LogP contribution in [-0.4, -0.2) is 44.9 Å². The smallest absolute Gasteiger partial charge is 0.242 e. The van der Waals surface area contributed by atoms with Gasteiger partial charge in [-0.25, -0.2) is 8.42 Å². The fraction of sp³-hybridized carbons (Fsp3) is 0.409. The number of hydrogen-bond donors (Lipinski definition) is 0. The van der Waals surface area contributed by atoms with Crippen molar-refractivity contribution < 1.29 is 17.9 Å². The van der Waals surface area contributed by atoms with Gasteiger partial charge in [-0.05, 0) is 47.2 Å². The van der Waals surface area contributed by atoms with Crippen LogP contribution in [0.15, 0.2) is 41.3 Å². The predicted molar refractivity (Wildman–Crippen MR) is 109 cm³/mol. The average Bonchev–Trinajstić information content (AvgIpc) is 3.16. The molecule has 152 valence electrons. The Hall–Kier alpha value is -2.22.